The van der Waals surface area contributed by atoms with Crippen LogP contribution in [0.3, 0.4) is 0 Å². The molecule has 0 spiro atoms. The van der Waals surface area contributed by atoms with E-state index in [0.717, 1.165) is 11.5 Å². The summed E-state index contributed by atoms with van der Waals surface area (Å²) in [4.78, 5) is 4.27. The first-order chi connectivity index (χ1) is 8.93. The molecule has 108 valence electrons. The molecule has 0 saturated heterocycles. The maximum absolute atomic E-state index is 4.27. The van der Waals surface area contributed by atoms with Gasteiger partial charge in [0.1, 0.15) is 5.84 Å². The van der Waals surface area contributed by atoms with Gasteiger partial charge in [0.2, 0.25) is 0 Å². The lowest BCUT2D eigenvalue weighted by Gasteiger charge is -2.19. The molecular formula is C17H30N2. The topological polar surface area (TPSA) is 24.4 Å². The van der Waals surface area contributed by atoms with Crippen molar-refractivity contribution in [3.8, 4) is 0 Å². The summed E-state index contributed by atoms with van der Waals surface area (Å²) in [5.41, 5.74) is 3.92. The van der Waals surface area contributed by atoms with E-state index in [1.165, 1.54) is 30.4 Å². The van der Waals surface area contributed by atoms with Gasteiger partial charge in [0.25, 0.3) is 0 Å². The first kappa shape index (κ1) is 17.7. The van der Waals surface area contributed by atoms with Gasteiger partial charge in [-0.2, -0.15) is 0 Å². The Bertz CT molecular complexity index is 373. The molecule has 0 saturated carbocycles. The third-order valence-electron chi connectivity index (χ3n) is 3.51. The van der Waals surface area contributed by atoms with Crippen molar-refractivity contribution in [2.24, 2.45) is 10.9 Å². The molecule has 1 unspecified atom stereocenters. The predicted molar refractivity (Wildman–Crippen MR) is 87.3 cm³/mol. The monoisotopic (exact) mass is 262 g/mol. The number of unbranched alkanes of at least 4 members (excludes halogenated alkanes) is 1. The number of rotatable bonds is 7. The number of amidine groups is 1. The second-order valence-corrected chi connectivity index (χ2v) is 5.14. The lowest BCUT2D eigenvalue weighted by Crippen LogP contribution is -2.23. The number of aliphatic imine (C=N–C) groups is 1. The van der Waals surface area contributed by atoms with Gasteiger partial charge in [-0.15, -0.1) is 0 Å². The molecule has 1 N–H and O–H groups in total. The molecule has 0 aromatic rings. The minimum Gasteiger partial charge on any atom is -0.348 e. The minimum atomic E-state index is 0.340. The first-order valence-corrected chi connectivity index (χ1v) is 7.21. The smallest absolute Gasteiger partial charge is 0.102 e. The van der Waals surface area contributed by atoms with Gasteiger partial charge in [0.05, 0.1) is 0 Å². The molecule has 0 aliphatic carbocycles. The molecule has 1 atom stereocenters. The van der Waals surface area contributed by atoms with E-state index in [2.05, 4.69) is 44.6 Å². The van der Waals surface area contributed by atoms with E-state index in [9.17, 15) is 0 Å². The van der Waals surface area contributed by atoms with Crippen LogP contribution in [-0.2, 0) is 0 Å². The summed E-state index contributed by atoms with van der Waals surface area (Å²) in [6.07, 6.45) is 7.39. The Balaban J connectivity index is 4.63. The molecule has 0 aromatic carbocycles. The summed E-state index contributed by atoms with van der Waals surface area (Å²) < 4.78 is 0. The van der Waals surface area contributed by atoms with Crippen LogP contribution in [0.15, 0.2) is 40.7 Å². The summed E-state index contributed by atoms with van der Waals surface area (Å²) in [7, 11) is 0. The first-order valence-electron chi connectivity index (χ1n) is 7.21. The van der Waals surface area contributed by atoms with Crippen LogP contribution in [0.5, 0.6) is 0 Å². The van der Waals surface area contributed by atoms with Gasteiger partial charge in [0.15, 0.2) is 0 Å². The van der Waals surface area contributed by atoms with Gasteiger partial charge in [0, 0.05) is 17.8 Å². The quantitative estimate of drug-likeness (QED) is 0.380. The Morgan fingerprint density at radius 1 is 1.32 bits per heavy atom. The molecule has 0 rings (SSSR count). The predicted octanol–water partition coefficient (Wildman–Crippen LogP) is 5.20. The Morgan fingerprint density at radius 3 is 2.47 bits per heavy atom. The van der Waals surface area contributed by atoms with Crippen LogP contribution in [0.2, 0.25) is 0 Å². The van der Waals surface area contributed by atoms with Crippen molar-refractivity contribution in [2.75, 3.05) is 0 Å². The van der Waals surface area contributed by atoms with E-state index >= 15 is 0 Å². The van der Waals surface area contributed by atoms with Crippen LogP contribution in [0.25, 0.3) is 0 Å². The second-order valence-electron chi connectivity index (χ2n) is 5.14. The fourth-order valence-electron chi connectivity index (χ4n) is 1.83. The average molecular weight is 262 g/mol. The van der Waals surface area contributed by atoms with Crippen LogP contribution in [0.1, 0.15) is 60.8 Å². The zero-order chi connectivity index (χ0) is 14.8. The lowest BCUT2D eigenvalue weighted by molar-refractivity contribution is 0.716. The maximum Gasteiger partial charge on any atom is 0.102 e. The van der Waals surface area contributed by atoms with Crippen LogP contribution >= 0.6 is 0 Å². The molecule has 0 radical (unpaired) electrons. The largest absolute Gasteiger partial charge is 0.348 e. The van der Waals surface area contributed by atoms with Gasteiger partial charge < -0.3 is 5.32 Å². The van der Waals surface area contributed by atoms with E-state index in [1.54, 1.807) is 6.20 Å². The molecule has 0 aromatic heterocycles. The molecule has 0 fully saturated rings. The Morgan fingerprint density at radius 2 is 1.95 bits per heavy atom. The van der Waals surface area contributed by atoms with Crippen molar-refractivity contribution in [3.05, 3.63) is 35.7 Å². The minimum absolute atomic E-state index is 0.340. The highest BCUT2D eigenvalue weighted by molar-refractivity contribution is 5.81. The number of allylic oxidation sites excluding steroid dienone is 3. The van der Waals surface area contributed by atoms with Gasteiger partial charge >= 0.3 is 0 Å². The number of hydrogen-bond acceptors (Lipinski definition) is 1. The van der Waals surface area contributed by atoms with Crippen molar-refractivity contribution >= 4 is 5.84 Å². The second kappa shape index (κ2) is 9.60. The fraction of sp³-hybridized carbons (Fsp3) is 0.588. The van der Waals surface area contributed by atoms with Gasteiger partial charge in [-0.25, -0.2) is 4.99 Å². The summed E-state index contributed by atoms with van der Waals surface area (Å²) in [5, 5.41) is 3.28. The Labute approximate surface area is 119 Å². The molecule has 0 heterocycles. The lowest BCUT2D eigenvalue weighted by atomic mass is 9.93. The normalized spacial score (nSPS) is 15.4. The molecule has 0 amide bonds. The highest BCUT2D eigenvalue weighted by Crippen LogP contribution is 2.22. The summed E-state index contributed by atoms with van der Waals surface area (Å²) in [6, 6.07) is 0. The van der Waals surface area contributed by atoms with E-state index in [1.807, 2.05) is 19.9 Å². The highest BCUT2D eigenvalue weighted by Gasteiger charge is 2.11. The summed E-state index contributed by atoms with van der Waals surface area (Å²) in [6.45, 7) is 16.9. The number of nitrogens with zero attached hydrogens (tertiary/aromatic N) is 1. The fourth-order valence-corrected chi connectivity index (χ4v) is 1.83. The average Bonchev–Trinajstić information content (AvgIpc) is 2.40. The summed E-state index contributed by atoms with van der Waals surface area (Å²) in [5.74, 6) is 1.22. The zero-order valence-corrected chi connectivity index (χ0v) is 13.5. The molecule has 19 heavy (non-hydrogen) atoms. The van der Waals surface area contributed by atoms with Crippen molar-refractivity contribution in [1.82, 2.24) is 5.32 Å². The van der Waals surface area contributed by atoms with E-state index in [0.29, 0.717) is 5.92 Å². The van der Waals surface area contributed by atoms with Crippen LogP contribution in [-0.4, -0.2) is 5.84 Å². The van der Waals surface area contributed by atoms with Gasteiger partial charge in [-0.1, -0.05) is 44.1 Å². The molecule has 0 aliphatic rings. The number of hydrogen-bond donors (Lipinski definition) is 1. The molecule has 0 bridgehead atoms. The van der Waals surface area contributed by atoms with Crippen molar-refractivity contribution in [2.45, 2.75) is 60.8 Å². The maximum atomic E-state index is 4.27. The van der Waals surface area contributed by atoms with E-state index in [-0.39, 0.29) is 0 Å². The van der Waals surface area contributed by atoms with Crippen molar-refractivity contribution in [1.29, 1.82) is 0 Å². The van der Waals surface area contributed by atoms with Crippen molar-refractivity contribution < 1.29 is 0 Å². The van der Waals surface area contributed by atoms with Crippen LogP contribution in [0, 0.1) is 5.92 Å². The van der Waals surface area contributed by atoms with Crippen LogP contribution < -0.4 is 5.32 Å². The standard InChI is InChI=1S/C17H30N2/c1-8-10-11-13(3)14(4)15(5)16(6)19-17(7)18-12-9-2/h9,12,15H,6,8,10-11H2,1-5,7H3,(H,18,19)/b12-9-,14-13-. The van der Waals surface area contributed by atoms with E-state index < -0.39 is 0 Å². The van der Waals surface area contributed by atoms with E-state index in [4.69, 9.17) is 0 Å². The third kappa shape index (κ3) is 7.00. The number of nitrogens with one attached hydrogen (secondary N) is 1. The Kier molecular flexibility index (Phi) is 8.94. The van der Waals surface area contributed by atoms with Gasteiger partial charge in [-0.05, 0) is 40.5 Å². The zero-order valence-electron chi connectivity index (χ0n) is 13.5. The van der Waals surface area contributed by atoms with Crippen molar-refractivity contribution in [3.63, 3.8) is 0 Å². The molecule has 0 aliphatic heterocycles. The Hall–Kier alpha value is -1.31. The molecule has 2 nitrogen and oxygen atoms in total. The highest BCUT2D eigenvalue weighted by atomic mass is 15.0. The summed E-state index contributed by atoms with van der Waals surface area (Å²) >= 11 is 0. The SMILES string of the molecule is C=C(NC(C)=N/C=C\C)C(C)/C(C)=C(/C)CCCC. The van der Waals surface area contributed by atoms with Crippen LogP contribution in [0.4, 0.5) is 0 Å². The van der Waals surface area contributed by atoms with Gasteiger partial charge in [-0.3, -0.25) is 0 Å². The molecule has 2 heteroatoms. The molecular weight excluding hydrogens is 232 g/mol. The third-order valence-corrected chi connectivity index (χ3v) is 3.51.